The third kappa shape index (κ3) is 4.53. The number of hydrogen-bond acceptors (Lipinski definition) is 5. The van der Waals surface area contributed by atoms with Crippen molar-refractivity contribution in [2.75, 3.05) is 36.5 Å². The van der Waals surface area contributed by atoms with Gasteiger partial charge in [-0.2, -0.15) is 0 Å². The number of morpholine rings is 1. The summed E-state index contributed by atoms with van der Waals surface area (Å²) < 4.78 is 5.36. The molecule has 0 saturated carbocycles. The fourth-order valence-corrected chi connectivity index (χ4v) is 3.20. The molecule has 3 aromatic rings. The Morgan fingerprint density at radius 1 is 0.964 bits per heavy atom. The maximum absolute atomic E-state index is 12.4. The first-order valence-electron chi connectivity index (χ1n) is 9.37. The van der Waals surface area contributed by atoms with Crippen LogP contribution < -0.4 is 10.2 Å². The molecule has 6 nitrogen and oxygen atoms in total. The molecule has 28 heavy (non-hydrogen) atoms. The Balaban J connectivity index is 1.38. The highest BCUT2D eigenvalue weighted by Gasteiger charge is 2.14. The Morgan fingerprint density at radius 3 is 2.43 bits per heavy atom. The molecule has 0 aliphatic carbocycles. The number of nitrogens with one attached hydrogen (secondary N) is 1. The molecule has 4 rings (SSSR count). The highest BCUT2D eigenvalue weighted by molar-refractivity contribution is 5.91. The number of hydrogen-bond donors (Lipinski definition) is 1. The van der Waals surface area contributed by atoms with Crippen LogP contribution in [0.15, 0.2) is 67.0 Å². The molecule has 0 spiro atoms. The Morgan fingerprint density at radius 2 is 1.68 bits per heavy atom. The maximum Gasteiger partial charge on any atom is 0.229 e. The van der Waals surface area contributed by atoms with E-state index in [9.17, 15) is 4.79 Å². The van der Waals surface area contributed by atoms with Gasteiger partial charge in [-0.25, -0.2) is 9.97 Å². The third-order valence-corrected chi connectivity index (χ3v) is 4.68. The molecule has 1 amide bonds. The Kier molecular flexibility index (Phi) is 5.58. The molecule has 0 bridgehead atoms. The molecular formula is C22H22N4O2. The number of aromatic nitrogens is 2. The van der Waals surface area contributed by atoms with E-state index in [-0.39, 0.29) is 5.91 Å². The van der Waals surface area contributed by atoms with Gasteiger partial charge in [-0.1, -0.05) is 54.6 Å². The van der Waals surface area contributed by atoms with Gasteiger partial charge >= 0.3 is 0 Å². The minimum atomic E-state index is -0.0981. The minimum absolute atomic E-state index is 0.0981. The highest BCUT2D eigenvalue weighted by Crippen LogP contribution is 2.20. The largest absolute Gasteiger partial charge is 0.378 e. The van der Waals surface area contributed by atoms with Gasteiger partial charge in [0, 0.05) is 19.2 Å². The van der Waals surface area contributed by atoms with Gasteiger partial charge in [-0.15, -0.1) is 0 Å². The van der Waals surface area contributed by atoms with Gasteiger partial charge in [0.25, 0.3) is 0 Å². The normalized spacial score (nSPS) is 13.9. The summed E-state index contributed by atoms with van der Waals surface area (Å²) in [6, 6.07) is 20.0. The second-order valence-electron chi connectivity index (χ2n) is 6.65. The van der Waals surface area contributed by atoms with E-state index in [1.54, 1.807) is 0 Å². The van der Waals surface area contributed by atoms with Crippen molar-refractivity contribution < 1.29 is 9.53 Å². The van der Waals surface area contributed by atoms with Crippen LogP contribution in [0.5, 0.6) is 0 Å². The molecular weight excluding hydrogens is 352 g/mol. The number of ether oxygens (including phenoxy) is 1. The summed E-state index contributed by atoms with van der Waals surface area (Å²) in [5.74, 6) is 1.22. The predicted octanol–water partition coefficient (Wildman–Crippen LogP) is 3.16. The predicted molar refractivity (Wildman–Crippen MR) is 109 cm³/mol. The van der Waals surface area contributed by atoms with Gasteiger partial charge in [0.15, 0.2) is 0 Å². The fraction of sp³-hybridized carbons (Fsp3) is 0.227. The van der Waals surface area contributed by atoms with Crippen LogP contribution in [0.2, 0.25) is 0 Å². The standard InChI is InChI=1S/C22H22N4O2/c27-22(14-17-6-8-19(9-7-17)18-4-2-1-3-5-18)25-20-15-21(24-16-23-20)26-10-12-28-13-11-26/h1-9,15-16H,10-14H2,(H,23,24,25,27). The van der Waals surface area contributed by atoms with Crippen molar-refractivity contribution >= 4 is 17.5 Å². The summed E-state index contributed by atoms with van der Waals surface area (Å²) in [5.41, 5.74) is 3.26. The number of carbonyl (C=O) groups excluding carboxylic acids is 1. The summed E-state index contributed by atoms with van der Waals surface area (Å²) in [7, 11) is 0. The first kappa shape index (κ1) is 18.1. The van der Waals surface area contributed by atoms with E-state index in [0.717, 1.165) is 35.6 Å². The molecule has 1 aliphatic rings. The van der Waals surface area contributed by atoms with Crippen LogP contribution in [0.3, 0.4) is 0 Å². The number of carbonyl (C=O) groups is 1. The molecule has 1 aromatic heterocycles. The number of benzene rings is 2. The molecule has 1 fully saturated rings. The second kappa shape index (κ2) is 8.63. The molecule has 0 atom stereocenters. The highest BCUT2D eigenvalue weighted by atomic mass is 16.5. The van der Waals surface area contributed by atoms with Crippen LogP contribution in [-0.2, 0) is 16.0 Å². The SMILES string of the molecule is O=C(Cc1ccc(-c2ccccc2)cc1)Nc1cc(N2CCOCC2)ncn1. The maximum atomic E-state index is 12.4. The topological polar surface area (TPSA) is 67.4 Å². The van der Waals surface area contributed by atoms with E-state index in [2.05, 4.69) is 32.3 Å². The molecule has 6 heteroatoms. The van der Waals surface area contributed by atoms with Gasteiger partial charge in [-0.05, 0) is 16.7 Å². The van der Waals surface area contributed by atoms with Gasteiger partial charge < -0.3 is 15.0 Å². The number of nitrogens with zero attached hydrogens (tertiary/aromatic N) is 3. The van der Waals surface area contributed by atoms with E-state index in [1.165, 1.54) is 6.33 Å². The van der Waals surface area contributed by atoms with Gasteiger partial charge in [0.1, 0.15) is 18.0 Å². The van der Waals surface area contributed by atoms with E-state index >= 15 is 0 Å². The van der Waals surface area contributed by atoms with Crippen molar-refractivity contribution in [1.82, 2.24) is 9.97 Å². The Labute approximate surface area is 164 Å². The molecule has 0 radical (unpaired) electrons. The molecule has 1 saturated heterocycles. The monoisotopic (exact) mass is 374 g/mol. The Bertz CT molecular complexity index is 923. The first-order valence-corrected chi connectivity index (χ1v) is 9.37. The van der Waals surface area contributed by atoms with Crippen LogP contribution in [-0.4, -0.2) is 42.2 Å². The summed E-state index contributed by atoms with van der Waals surface area (Å²) in [5, 5.41) is 2.87. The van der Waals surface area contributed by atoms with E-state index in [1.807, 2.05) is 48.5 Å². The van der Waals surface area contributed by atoms with Gasteiger partial charge in [-0.3, -0.25) is 4.79 Å². The van der Waals surface area contributed by atoms with Crippen molar-refractivity contribution in [3.8, 4) is 11.1 Å². The summed E-state index contributed by atoms with van der Waals surface area (Å²) in [6.07, 6.45) is 1.78. The van der Waals surface area contributed by atoms with Crippen molar-refractivity contribution in [2.45, 2.75) is 6.42 Å². The number of rotatable bonds is 5. The van der Waals surface area contributed by atoms with Crippen molar-refractivity contribution in [3.05, 3.63) is 72.6 Å². The summed E-state index contributed by atoms with van der Waals surface area (Å²) in [4.78, 5) is 23.0. The quantitative estimate of drug-likeness (QED) is 0.743. The minimum Gasteiger partial charge on any atom is -0.378 e. The van der Waals surface area contributed by atoms with Gasteiger partial charge in [0.2, 0.25) is 5.91 Å². The average Bonchev–Trinajstić information content (AvgIpc) is 2.76. The van der Waals surface area contributed by atoms with Crippen molar-refractivity contribution in [2.24, 2.45) is 0 Å². The zero-order valence-corrected chi connectivity index (χ0v) is 15.5. The van der Waals surface area contributed by atoms with E-state index in [0.29, 0.717) is 25.5 Å². The molecule has 142 valence electrons. The first-order chi connectivity index (χ1) is 13.8. The van der Waals surface area contributed by atoms with Gasteiger partial charge in [0.05, 0.1) is 19.6 Å². The average molecular weight is 374 g/mol. The second-order valence-corrected chi connectivity index (χ2v) is 6.65. The zero-order chi connectivity index (χ0) is 19.2. The smallest absolute Gasteiger partial charge is 0.229 e. The zero-order valence-electron chi connectivity index (χ0n) is 15.5. The lowest BCUT2D eigenvalue weighted by atomic mass is 10.0. The van der Waals surface area contributed by atoms with Crippen LogP contribution in [0, 0.1) is 0 Å². The molecule has 2 heterocycles. The van der Waals surface area contributed by atoms with Crippen LogP contribution in [0.1, 0.15) is 5.56 Å². The van der Waals surface area contributed by atoms with Crippen LogP contribution in [0.4, 0.5) is 11.6 Å². The van der Waals surface area contributed by atoms with E-state index in [4.69, 9.17) is 4.74 Å². The fourth-order valence-electron chi connectivity index (χ4n) is 3.20. The summed E-state index contributed by atoms with van der Waals surface area (Å²) >= 11 is 0. The number of anilines is 2. The van der Waals surface area contributed by atoms with Crippen molar-refractivity contribution in [3.63, 3.8) is 0 Å². The molecule has 1 N–H and O–H groups in total. The lowest BCUT2D eigenvalue weighted by molar-refractivity contribution is -0.115. The third-order valence-electron chi connectivity index (χ3n) is 4.68. The number of amides is 1. The van der Waals surface area contributed by atoms with Crippen LogP contribution >= 0.6 is 0 Å². The Hall–Kier alpha value is -3.25. The van der Waals surface area contributed by atoms with Crippen molar-refractivity contribution in [1.29, 1.82) is 0 Å². The lowest BCUT2D eigenvalue weighted by Crippen LogP contribution is -2.36. The molecule has 2 aromatic carbocycles. The lowest BCUT2D eigenvalue weighted by Gasteiger charge is -2.27. The summed E-state index contributed by atoms with van der Waals surface area (Å²) in [6.45, 7) is 2.95. The molecule has 0 unspecified atom stereocenters. The molecule has 1 aliphatic heterocycles. The van der Waals surface area contributed by atoms with E-state index < -0.39 is 0 Å². The van der Waals surface area contributed by atoms with Crippen LogP contribution in [0.25, 0.3) is 11.1 Å².